The number of fused-ring (bicyclic) bond motifs is 12. The van der Waals surface area contributed by atoms with Crippen molar-refractivity contribution in [3.63, 3.8) is 0 Å². The van der Waals surface area contributed by atoms with Crippen molar-refractivity contribution in [3.05, 3.63) is 146 Å². The zero-order valence-corrected chi connectivity index (χ0v) is 25.8. The number of aromatic nitrogens is 2. The van der Waals surface area contributed by atoms with Crippen LogP contribution in [0.1, 0.15) is 0 Å². The number of ether oxygens (including phenoxy) is 2. The van der Waals surface area contributed by atoms with E-state index in [4.69, 9.17) is 9.47 Å². The fraction of sp³-hybridized carbons (Fsp3) is 0. The fourth-order valence-electron chi connectivity index (χ4n) is 7.53. The van der Waals surface area contributed by atoms with Crippen molar-refractivity contribution < 1.29 is 9.47 Å². The third kappa shape index (κ3) is 3.46. The van der Waals surface area contributed by atoms with Gasteiger partial charge < -0.3 is 18.6 Å². The second-order valence-electron chi connectivity index (χ2n) is 12.1. The quantitative estimate of drug-likeness (QED) is 0.192. The highest BCUT2D eigenvalue weighted by molar-refractivity contribution is 7.25. The van der Waals surface area contributed by atoms with Crippen LogP contribution in [-0.4, -0.2) is 9.13 Å². The molecule has 1 aliphatic heterocycles. The van der Waals surface area contributed by atoms with Crippen molar-refractivity contribution in [2.75, 3.05) is 0 Å². The maximum absolute atomic E-state index is 6.61. The largest absolute Gasteiger partial charge is 0.449 e. The Bertz CT molecular complexity index is 2930. The Hall–Kier alpha value is -6.04. The van der Waals surface area contributed by atoms with Gasteiger partial charge in [0.2, 0.25) is 0 Å². The summed E-state index contributed by atoms with van der Waals surface area (Å²) in [5.74, 6) is 2.90. The Morgan fingerprint density at radius 3 is 1.83 bits per heavy atom. The molecule has 11 rings (SSSR count). The fourth-order valence-corrected chi connectivity index (χ4v) is 8.62. The molecule has 4 heterocycles. The number of hydrogen-bond acceptors (Lipinski definition) is 3. The van der Waals surface area contributed by atoms with Gasteiger partial charge in [0.1, 0.15) is 5.52 Å². The van der Waals surface area contributed by atoms with Crippen molar-refractivity contribution >= 4 is 75.1 Å². The van der Waals surface area contributed by atoms with Crippen LogP contribution in [0.3, 0.4) is 0 Å². The first-order valence-corrected chi connectivity index (χ1v) is 16.6. The summed E-state index contributed by atoms with van der Waals surface area (Å²) in [6.07, 6.45) is 0. The molecule has 47 heavy (non-hydrogen) atoms. The molecule has 0 saturated carbocycles. The first kappa shape index (κ1) is 25.2. The molecule has 0 unspecified atom stereocenters. The number of benzene rings is 7. The van der Waals surface area contributed by atoms with Gasteiger partial charge in [-0.05, 0) is 78.9 Å². The lowest BCUT2D eigenvalue weighted by Gasteiger charge is -2.22. The van der Waals surface area contributed by atoms with Gasteiger partial charge in [0, 0.05) is 53.1 Å². The van der Waals surface area contributed by atoms with Crippen molar-refractivity contribution in [3.8, 4) is 34.4 Å². The third-order valence-corrected chi connectivity index (χ3v) is 10.7. The van der Waals surface area contributed by atoms with Gasteiger partial charge in [-0.2, -0.15) is 0 Å². The molecule has 10 aromatic rings. The smallest absolute Gasteiger partial charge is 0.194 e. The number of hydrogen-bond donors (Lipinski definition) is 0. The zero-order valence-electron chi connectivity index (χ0n) is 25.0. The standard InChI is InChI=1S/C42H24N2O2S/c1-5-13-34-27(9-1)30-19-21-38-42(46-37-15-7-6-14-36(37)45-38)41(30)44(34)26-17-20-35-31(23-26)28-10-2-4-12-33(28)43(35)25-18-22-40-32(24-25)29-11-3-8-16-39(29)47-40/h1-24H. The predicted octanol–water partition coefficient (Wildman–Crippen LogP) is 12.1. The summed E-state index contributed by atoms with van der Waals surface area (Å²) < 4.78 is 20.3. The number of rotatable bonds is 2. The summed E-state index contributed by atoms with van der Waals surface area (Å²) in [4.78, 5) is 0. The summed E-state index contributed by atoms with van der Waals surface area (Å²) in [6, 6.07) is 51.7. The minimum Gasteiger partial charge on any atom is -0.449 e. The summed E-state index contributed by atoms with van der Waals surface area (Å²) in [5.41, 5.74) is 6.71. The van der Waals surface area contributed by atoms with Gasteiger partial charge in [-0.25, -0.2) is 0 Å². The van der Waals surface area contributed by atoms with E-state index < -0.39 is 0 Å². The lowest BCUT2D eigenvalue weighted by atomic mass is 10.1. The van der Waals surface area contributed by atoms with Crippen LogP contribution in [0.5, 0.6) is 23.0 Å². The van der Waals surface area contributed by atoms with Crippen LogP contribution in [0.15, 0.2) is 146 Å². The van der Waals surface area contributed by atoms with Crippen LogP contribution in [0, 0.1) is 0 Å². The van der Waals surface area contributed by atoms with E-state index in [1.54, 1.807) is 0 Å². The molecule has 0 amide bonds. The van der Waals surface area contributed by atoms with Crippen LogP contribution < -0.4 is 9.47 Å². The number of para-hydroxylation sites is 4. The van der Waals surface area contributed by atoms with E-state index in [9.17, 15) is 0 Å². The molecule has 0 N–H and O–H groups in total. The van der Waals surface area contributed by atoms with Crippen LogP contribution in [0.2, 0.25) is 0 Å². The monoisotopic (exact) mass is 620 g/mol. The summed E-state index contributed by atoms with van der Waals surface area (Å²) in [7, 11) is 0. The van der Waals surface area contributed by atoms with E-state index in [2.05, 4.69) is 124 Å². The van der Waals surface area contributed by atoms with Crippen LogP contribution in [0.4, 0.5) is 0 Å². The van der Waals surface area contributed by atoms with E-state index in [0.717, 1.165) is 45.0 Å². The third-order valence-electron chi connectivity index (χ3n) is 9.57. The minimum atomic E-state index is 0.717. The second-order valence-corrected chi connectivity index (χ2v) is 13.2. The summed E-state index contributed by atoms with van der Waals surface area (Å²) >= 11 is 1.85. The SMILES string of the molecule is c1ccc2c(c1)Oc1ccc3c4ccccc4n(-c4ccc5c(c4)c4ccccc4n5-c4ccc5sc6ccccc6c5c4)c3c1O2. The summed E-state index contributed by atoms with van der Waals surface area (Å²) in [5, 5.41) is 7.32. The molecule has 0 radical (unpaired) electrons. The summed E-state index contributed by atoms with van der Waals surface area (Å²) in [6.45, 7) is 0. The van der Waals surface area contributed by atoms with Crippen molar-refractivity contribution in [2.24, 2.45) is 0 Å². The number of thiophene rings is 1. The Morgan fingerprint density at radius 2 is 0.979 bits per heavy atom. The molecule has 0 bridgehead atoms. The Labute approximate surface area is 272 Å². The van der Waals surface area contributed by atoms with E-state index in [-0.39, 0.29) is 0 Å². The first-order valence-electron chi connectivity index (χ1n) is 15.8. The van der Waals surface area contributed by atoms with Gasteiger partial charge in [-0.1, -0.05) is 66.7 Å². The minimum absolute atomic E-state index is 0.717. The van der Waals surface area contributed by atoms with Crippen LogP contribution in [-0.2, 0) is 0 Å². The van der Waals surface area contributed by atoms with Crippen LogP contribution in [0.25, 0.3) is 75.2 Å². The molecule has 0 aliphatic carbocycles. The Kier molecular flexibility index (Phi) is 4.96. The lowest BCUT2D eigenvalue weighted by Crippen LogP contribution is -2.02. The van der Waals surface area contributed by atoms with E-state index in [0.29, 0.717) is 5.75 Å². The Balaban J connectivity index is 1.18. The Morgan fingerprint density at radius 1 is 0.383 bits per heavy atom. The second kappa shape index (κ2) is 9.25. The van der Waals surface area contributed by atoms with Gasteiger partial charge in [0.25, 0.3) is 0 Å². The molecule has 0 saturated heterocycles. The molecule has 0 atom stereocenters. The van der Waals surface area contributed by atoms with Crippen LogP contribution >= 0.6 is 11.3 Å². The van der Waals surface area contributed by atoms with Crippen molar-refractivity contribution in [1.82, 2.24) is 9.13 Å². The maximum atomic E-state index is 6.61. The van der Waals surface area contributed by atoms with Crippen molar-refractivity contribution in [1.29, 1.82) is 0 Å². The molecule has 0 fully saturated rings. The highest BCUT2D eigenvalue weighted by Crippen LogP contribution is 2.51. The van der Waals surface area contributed by atoms with Gasteiger partial charge >= 0.3 is 0 Å². The predicted molar refractivity (Wildman–Crippen MR) is 195 cm³/mol. The van der Waals surface area contributed by atoms with E-state index in [1.807, 2.05) is 41.7 Å². The average Bonchev–Trinajstić information content (AvgIpc) is 3.78. The molecule has 1 aliphatic rings. The van der Waals surface area contributed by atoms with Gasteiger partial charge in [-0.15, -0.1) is 11.3 Å². The number of nitrogens with zero attached hydrogens (tertiary/aromatic N) is 2. The molecule has 220 valence electrons. The molecular weight excluding hydrogens is 597 g/mol. The normalized spacial score (nSPS) is 12.6. The molecular formula is C42H24N2O2S. The molecule has 7 aromatic carbocycles. The topological polar surface area (TPSA) is 28.3 Å². The van der Waals surface area contributed by atoms with Gasteiger partial charge in [-0.3, -0.25) is 0 Å². The van der Waals surface area contributed by atoms with Gasteiger partial charge in [0.05, 0.1) is 16.6 Å². The highest BCUT2D eigenvalue weighted by Gasteiger charge is 2.26. The first-order chi connectivity index (χ1) is 23.3. The molecule has 0 spiro atoms. The molecule has 5 heteroatoms. The van der Waals surface area contributed by atoms with E-state index >= 15 is 0 Å². The van der Waals surface area contributed by atoms with Crippen molar-refractivity contribution in [2.45, 2.75) is 0 Å². The maximum Gasteiger partial charge on any atom is 0.194 e. The lowest BCUT2D eigenvalue weighted by molar-refractivity contribution is 0.362. The zero-order chi connectivity index (χ0) is 30.6. The average molecular weight is 621 g/mol. The highest BCUT2D eigenvalue weighted by atomic mass is 32.1. The molecule has 4 nitrogen and oxygen atoms in total. The van der Waals surface area contributed by atoms with E-state index in [1.165, 1.54) is 47.4 Å². The molecule has 3 aromatic heterocycles. The van der Waals surface area contributed by atoms with Gasteiger partial charge in [0.15, 0.2) is 23.0 Å².